The maximum atomic E-state index is 5.84. The Hall–Kier alpha value is -1.09. The van der Waals surface area contributed by atoms with E-state index in [1.807, 2.05) is 12.1 Å². The molecular weight excluding hydrogens is 190 g/mol. The Bertz CT molecular complexity index is 289. The van der Waals surface area contributed by atoms with Gasteiger partial charge >= 0.3 is 0 Å². The van der Waals surface area contributed by atoms with Crippen molar-refractivity contribution >= 4 is 0 Å². The van der Waals surface area contributed by atoms with Crippen molar-refractivity contribution in [2.45, 2.75) is 37.9 Å². The summed E-state index contributed by atoms with van der Waals surface area (Å²) < 4.78 is 11.2. The van der Waals surface area contributed by atoms with Crippen LogP contribution in [0.5, 0.6) is 5.75 Å². The molecule has 0 aromatic carbocycles. The predicted octanol–water partition coefficient (Wildman–Crippen LogP) is 2.42. The molecule has 0 saturated heterocycles. The lowest BCUT2D eigenvalue weighted by Crippen LogP contribution is -2.29. The van der Waals surface area contributed by atoms with Crippen molar-refractivity contribution in [3.63, 3.8) is 0 Å². The molecule has 0 bridgehead atoms. The number of nitrogens with zero attached hydrogens (tertiary/aromatic N) is 1. The van der Waals surface area contributed by atoms with Crippen molar-refractivity contribution in [1.82, 2.24) is 4.98 Å². The number of pyridine rings is 1. The number of methoxy groups -OCH3 is 1. The lowest BCUT2D eigenvalue weighted by Gasteiger charge is -2.28. The molecule has 3 heteroatoms. The molecule has 0 N–H and O–H groups in total. The van der Waals surface area contributed by atoms with Gasteiger partial charge in [-0.1, -0.05) is 0 Å². The molecule has 1 aromatic heterocycles. The molecule has 1 fully saturated rings. The van der Waals surface area contributed by atoms with Crippen molar-refractivity contribution in [1.29, 1.82) is 0 Å². The van der Waals surface area contributed by atoms with E-state index in [9.17, 15) is 0 Å². The van der Waals surface area contributed by atoms with Crippen LogP contribution in [0, 0.1) is 0 Å². The first-order valence-corrected chi connectivity index (χ1v) is 5.48. The summed E-state index contributed by atoms with van der Waals surface area (Å²) in [4.78, 5) is 4.03. The number of hydrogen-bond acceptors (Lipinski definition) is 3. The minimum absolute atomic E-state index is 0.285. The van der Waals surface area contributed by atoms with Gasteiger partial charge < -0.3 is 9.47 Å². The molecule has 1 heterocycles. The summed E-state index contributed by atoms with van der Waals surface area (Å²) in [7, 11) is 1.77. The third-order valence-electron chi connectivity index (χ3n) is 2.85. The molecule has 1 saturated carbocycles. The van der Waals surface area contributed by atoms with E-state index in [4.69, 9.17) is 9.47 Å². The molecule has 1 aliphatic carbocycles. The fraction of sp³-hybridized carbons (Fsp3) is 0.583. The van der Waals surface area contributed by atoms with E-state index < -0.39 is 0 Å². The molecule has 15 heavy (non-hydrogen) atoms. The van der Waals surface area contributed by atoms with Crippen LogP contribution in [0.15, 0.2) is 24.5 Å². The number of rotatable bonds is 3. The van der Waals surface area contributed by atoms with Crippen LogP contribution in [0.2, 0.25) is 0 Å². The van der Waals surface area contributed by atoms with E-state index in [0.717, 1.165) is 25.0 Å². The Morgan fingerprint density at radius 1 is 1.33 bits per heavy atom. The Morgan fingerprint density at radius 3 is 2.93 bits per heavy atom. The summed E-state index contributed by atoms with van der Waals surface area (Å²) >= 11 is 0. The summed E-state index contributed by atoms with van der Waals surface area (Å²) in [5.41, 5.74) is 0. The second-order valence-corrected chi connectivity index (χ2v) is 3.95. The van der Waals surface area contributed by atoms with Crippen molar-refractivity contribution in [3.05, 3.63) is 24.5 Å². The monoisotopic (exact) mass is 207 g/mol. The first-order chi connectivity index (χ1) is 7.38. The van der Waals surface area contributed by atoms with Gasteiger partial charge in [0.05, 0.1) is 12.3 Å². The minimum atomic E-state index is 0.285. The molecular formula is C12H17NO2. The normalized spacial score (nSPS) is 26.2. The molecule has 1 aromatic rings. The van der Waals surface area contributed by atoms with Crippen LogP contribution in [0.4, 0.5) is 0 Å². The minimum Gasteiger partial charge on any atom is -0.489 e. The molecule has 1 aliphatic rings. The second kappa shape index (κ2) is 5.12. The Labute approximate surface area is 90.4 Å². The van der Waals surface area contributed by atoms with E-state index in [0.29, 0.717) is 6.10 Å². The fourth-order valence-electron chi connectivity index (χ4n) is 2.03. The SMILES string of the molecule is COC1CCCC(Oc2cccnc2)C1. The lowest BCUT2D eigenvalue weighted by molar-refractivity contribution is 0.0208. The topological polar surface area (TPSA) is 31.4 Å². The van der Waals surface area contributed by atoms with Crippen molar-refractivity contribution < 1.29 is 9.47 Å². The largest absolute Gasteiger partial charge is 0.489 e. The highest BCUT2D eigenvalue weighted by Gasteiger charge is 2.22. The zero-order valence-electron chi connectivity index (χ0n) is 9.06. The summed E-state index contributed by atoms with van der Waals surface area (Å²) in [6.45, 7) is 0. The Kier molecular flexibility index (Phi) is 3.56. The molecule has 3 nitrogen and oxygen atoms in total. The molecule has 0 amide bonds. The van der Waals surface area contributed by atoms with Gasteiger partial charge in [-0.3, -0.25) is 4.98 Å². The van der Waals surface area contributed by atoms with Gasteiger partial charge in [-0.05, 0) is 31.4 Å². The van der Waals surface area contributed by atoms with Gasteiger partial charge in [0.15, 0.2) is 0 Å². The summed E-state index contributed by atoms with van der Waals surface area (Å²) in [5, 5.41) is 0. The molecule has 82 valence electrons. The maximum Gasteiger partial charge on any atom is 0.137 e. The van der Waals surface area contributed by atoms with Gasteiger partial charge in [0, 0.05) is 19.7 Å². The van der Waals surface area contributed by atoms with Gasteiger partial charge in [0.2, 0.25) is 0 Å². The Balaban J connectivity index is 1.89. The number of hydrogen-bond donors (Lipinski definition) is 0. The highest BCUT2D eigenvalue weighted by molar-refractivity contribution is 5.15. The maximum absolute atomic E-state index is 5.84. The molecule has 2 atom stereocenters. The van der Waals surface area contributed by atoms with E-state index in [-0.39, 0.29) is 6.10 Å². The van der Waals surface area contributed by atoms with Gasteiger partial charge in [0.25, 0.3) is 0 Å². The Morgan fingerprint density at radius 2 is 2.20 bits per heavy atom. The van der Waals surface area contributed by atoms with E-state index in [2.05, 4.69) is 4.98 Å². The van der Waals surface area contributed by atoms with Gasteiger partial charge in [-0.2, -0.15) is 0 Å². The molecule has 0 spiro atoms. The number of aromatic nitrogens is 1. The molecule has 0 aliphatic heterocycles. The zero-order chi connectivity index (χ0) is 10.5. The summed E-state index contributed by atoms with van der Waals surface area (Å²) in [6, 6.07) is 3.84. The highest BCUT2D eigenvalue weighted by atomic mass is 16.5. The molecule has 2 rings (SSSR count). The smallest absolute Gasteiger partial charge is 0.137 e. The van der Waals surface area contributed by atoms with Gasteiger partial charge in [-0.25, -0.2) is 0 Å². The zero-order valence-corrected chi connectivity index (χ0v) is 9.06. The summed E-state index contributed by atoms with van der Waals surface area (Å²) in [5.74, 6) is 0.860. The van der Waals surface area contributed by atoms with E-state index in [1.54, 1.807) is 19.5 Å². The van der Waals surface area contributed by atoms with Crippen LogP contribution in [-0.4, -0.2) is 24.3 Å². The van der Waals surface area contributed by atoms with E-state index >= 15 is 0 Å². The van der Waals surface area contributed by atoms with Crippen molar-refractivity contribution in [2.75, 3.05) is 7.11 Å². The lowest BCUT2D eigenvalue weighted by atomic mass is 9.95. The van der Waals surface area contributed by atoms with E-state index in [1.165, 1.54) is 6.42 Å². The standard InChI is InChI=1S/C12H17NO2/c1-14-10-4-2-5-11(8-10)15-12-6-3-7-13-9-12/h3,6-7,9-11H,2,4-5,8H2,1H3. The first-order valence-electron chi connectivity index (χ1n) is 5.48. The predicted molar refractivity (Wildman–Crippen MR) is 57.9 cm³/mol. The molecule has 0 radical (unpaired) electrons. The highest BCUT2D eigenvalue weighted by Crippen LogP contribution is 2.24. The van der Waals surface area contributed by atoms with Crippen LogP contribution in [0.1, 0.15) is 25.7 Å². The van der Waals surface area contributed by atoms with Gasteiger partial charge in [0.1, 0.15) is 11.9 Å². The van der Waals surface area contributed by atoms with Gasteiger partial charge in [-0.15, -0.1) is 0 Å². The quantitative estimate of drug-likeness (QED) is 0.762. The van der Waals surface area contributed by atoms with Crippen LogP contribution in [0.25, 0.3) is 0 Å². The average Bonchev–Trinajstić information content (AvgIpc) is 2.31. The average molecular weight is 207 g/mol. The fourth-order valence-corrected chi connectivity index (χ4v) is 2.03. The second-order valence-electron chi connectivity index (χ2n) is 3.95. The van der Waals surface area contributed by atoms with Crippen LogP contribution >= 0.6 is 0 Å². The number of ether oxygens (including phenoxy) is 2. The third kappa shape index (κ3) is 2.93. The first kappa shape index (κ1) is 10.4. The molecule has 2 unspecified atom stereocenters. The van der Waals surface area contributed by atoms with Crippen LogP contribution < -0.4 is 4.74 Å². The van der Waals surface area contributed by atoms with Crippen LogP contribution in [0.3, 0.4) is 0 Å². The van der Waals surface area contributed by atoms with Crippen LogP contribution in [-0.2, 0) is 4.74 Å². The van der Waals surface area contributed by atoms with Crippen molar-refractivity contribution in [3.8, 4) is 5.75 Å². The third-order valence-corrected chi connectivity index (χ3v) is 2.85. The summed E-state index contributed by atoms with van der Waals surface area (Å²) in [6.07, 6.45) is 8.61. The van der Waals surface area contributed by atoms with Crippen molar-refractivity contribution in [2.24, 2.45) is 0 Å².